The maximum Gasteiger partial charge on any atom is 0.315 e. The SMILES string of the molecule is Cl.Cl.N[C@H](Cc1ccccc1)c1nnc(NCCN2CCCCCC2)o1. The maximum atomic E-state index is 6.17. The van der Waals surface area contributed by atoms with E-state index < -0.39 is 0 Å². The largest absolute Gasteiger partial charge is 0.406 e. The molecule has 2 heterocycles. The third kappa shape index (κ3) is 7.11. The molecule has 146 valence electrons. The van der Waals surface area contributed by atoms with Gasteiger partial charge in [-0.2, -0.15) is 0 Å². The topological polar surface area (TPSA) is 80.2 Å². The molecule has 1 aliphatic heterocycles. The molecule has 0 bridgehead atoms. The first-order chi connectivity index (χ1) is 11.8. The van der Waals surface area contributed by atoms with Crippen LogP contribution in [-0.2, 0) is 6.42 Å². The Hall–Kier alpha value is -1.34. The number of halogens is 2. The van der Waals surface area contributed by atoms with Gasteiger partial charge in [0.15, 0.2) is 0 Å². The van der Waals surface area contributed by atoms with Gasteiger partial charge < -0.3 is 20.4 Å². The zero-order chi connectivity index (χ0) is 16.6. The predicted octanol–water partition coefficient (Wildman–Crippen LogP) is 3.44. The van der Waals surface area contributed by atoms with Crippen molar-refractivity contribution in [1.29, 1.82) is 0 Å². The summed E-state index contributed by atoms with van der Waals surface area (Å²) in [5.41, 5.74) is 7.34. The Bertz CT molecular complexity index is 603. The van der Waals surface area contributed by atoms with Crippen LogP contribution in [0, 0.1) is 0 Å². The molecular weight excluding hydrogens is 373 g/mol. The van der Waals surface area contributed by atoms with Crippen molar-refractivity contribution in [1.82, 2.24) is 15.1 Å². The molecule has 3 N–H and O–H groups in total. The molecule has 0 amide bonds. The quantitative estimate of drug-likeness (QED) is 0.739. The van der Waals surface area contributed by atoms with E-state index in [-0.39, 0.29) is 30.9 Å². The van der Waals surface area contributed by atoms with Crippen LogP contribution in [0.4, 0.5) is 6.01 Å². The van der Waals surface area contributed by atoms with Gasteiger partial charge in [0.1, 0.15) is 0 Å². The number of nitrogens with zero attached hydrogens (tertiary/aromatic N) is 3. The Morgan fingerprint density at radius 3 is 2.42 bits per heavy atom. The minimum Gasteiger partial charge on any atom is -0.406 e. The van der Waals surface area contributed by atoms with E-state index in [0.717, 1.165) is 13.1 Å². The number of nitrogens with two attached hydrogens (primary N) is 1. The fourth-order valence-electron chi connectivity index (χ4n) is 3.09. The summed E-state index contributed by atoms with van der Waals surface area (Å²) in [6, 6.07) is 10.3. The van der Waals surface area contributed by atoms with Gasteiger partial charge in [-0.1, -0.05) is 48.3 Å². The minimum absolute atomic E-state index is 0. The first-order valence-electron chi connectivity index (χ1n) is 8.90. The lowest BCUT2D eigenvalue weighted by Gasteiger charge is -2.19. The number of nitrogens with one attached hydrogen (secondary N) is 1. The fraction of sp³-hybridized carbons (Fsp3) is 0.556. The van der Waals surface area contributed by atoms with Crippen LogP contribution in [0.25, 0.3) is 0 Å². The van der Waals surface area contributed by atoms with Crippen molar-refractivity contribution in [2.75, 3.05) is 31.5 Å². The number of hydrogen-bond donors (Lipinski definition) is 2. The highest BCUT2D eigenvalue weighted by atomic mass is 35.5. The van der Waals surface area contributed by atoms with E-state index in [2.05, 4.69) is 32.5 Å². The molecular formula is C18H29Cl2N5O. The molecule has 0 aliphatic carbocycles. The number of aromatic nitrogens is 2. The van der Waals surface area contributed by atoms with Crippen LogP contribution in [0.5, 0.6) is 0 Å². The summed E-state index contributed by atoms with van der Waals surface area (Å²) in [7, 11) is 0. The number of hydrogen-bond acceptors (Lipinski definition) is 6. The van der Waals surface area contributed by atoms with Crippen LogP contribution in [0.2, 0.25) is 0 Å². The lowest BCUT2D eigenvalue weighted by Crippen LogP contribution is -2.30. The predicted molar refractivity (Wildman–Crippen MR) is 109 cm³/mol. The van der Waals surface area contributed by atoms with Crippen molar-refractivity contribution >= 4 is 30.8 Å². The third-order valence-electron chi connectivity index (χ3n) is 4.46. The molecule has 8 heteroatoms. The van der Waals surface area contributed by atoms with Gasteiger partial charge in [0.25, 0.3) is 0 Å². The van der Waals surface area contributed by atoms with Crippen molar-refractivity contribution in [2.24, 2.45) is 5.73 Å². The lowest BCUT2D eigenvalue weighted by molar-refractivity contribution is 0.295. The summed E-state index contributed by atoms with van der Waals surface area (Å²) < 4.78 is 5.65. The second-order valence-electron chi connectivity index (χ2n) is 6.42. The first kappa shape index (κ1) is 22.7. The van der Waals surface area contributed by atoms with Gasteiger partial charge in [-0.3, -0.25) is 0 Å². The number of rotatable bonds is 7. The highest BCUT2D eigenvalue weighted by Gasteiger charge is 2.15. The molecule has 1 aromatic carbocycles. The minimum atomic E-state index is -0.277. The molecule has 2 aromatic rings. The summed E-state index contributed by atoms with van der Waals surface area (Å²) in [4.78, 5) is 2.50. The van der Waals surface area contributed by atoms with Crippen LogP contribution < -0.4 is 11.1 Å². The maximum absolute atomic E-state index is 6.17. The fourth-order valence-corrected chi connectivity index (χ4v) is 3.09. The van der Waals surface area contributed by atoms with E-state index in [4.69, 9.17) is 10.2 Å². The van der Waals surface area contributed by atoms with Crippen molar-refractivity contribution in [3.05, 3.63) is 41.8 Å². The molecule has 1 atom stereocenters. The van der Waals surface area contributed by atoms with E-state index in [1.807, 2.05) is 18.2 Å². The Labute approximate surface area is 167 Å². The highest BCUT2D eigenvalue weighted by molar-refractivity contribution is 5.85. The Kier molecular flexibility index (Phi) is 10.6. The Morgan fingerprint density at radius 2 is 1.73 bits per heavy atom. The van der Waals surface area contributed by atoms with Crippen molar-refractivity contribution in [3.63, 3.8) is 0 Å². The van der Waals surface area contributed by atoms with Crippen LogP contribution in [-0.4, -0.2) is 41.3 Å². The van der Waals surface area contributed by atoms with Crippen LogP contribution in [0.3, 0.4) is 0 Å². The summed E-state index contributed by atoms with van der Waals surface area (Å²) >= 11 is 0. The summed E-state index contributed by atoms with van der Waals surface area (Å²) in [6.07, 6.45) is 6.01. The van der Waals surface area contributed by atoms with Crippen LogP contribution in [0.15, 0.2) is 34.7 Å². The number of likely N-dealkylation sites (tertiary alicyclic amines) is 1. The molecule has 26 heavy (non-hydrogen) atoms. The molecule has 1 saturated heterocycles. The number of anilines is 1. The van der Waals surface area contributed by atoms with E-state index in [1.165, 1.54) is 44.3 Å². The molecule has 0 spiro atoms. The smallest absolute Gasteiger partial charge is 0.315 e. The molecule has 6 nitrogen and oxygen atoms in total. The average molecular weight is 402 g/mol. The second kappa shape index (κ2) is 12.1. The molecule has 1 aliphatic rings. The van der Waals surface area contributed by atoms with Crippen LogP contribution in [0.1, 0.15) is 43.2 Å². The van der Waals surface area contributed by atoms with E-state index in [1.54, 1.807) is 0 Å². The molecule has 1 fully saturated rings. The van der Waals surface area contributed by atoms with Gasteiger partial charge in [0.05, 0.1) is 6.04 Å². The van der Waals surface area contributed by atoms with Gasteiger partial charge >= 0.3 is 6.01 Å². The van der Waals surface area contributed by atoms with Crippen molar-refractivity contribution in [3.8, 4) is 0 Å². The van der Waals surface area contributed by atoms with E-state index >= 15 is 0 Å². The zero-order valence-electron chi connectivity index (χ0n) is 15.0. The van der Waals surface area contributed by atoms with Gasteiger partial charge in [0.2, 0.25) is 5.89 Å². The molecule has 0 radical (unpaired) electrons. The normalized spacial score (nSPS) is 16.0. The highest BCUT2D eigenvalue weighted by Crippen LogP contribution is 2.16. The Balaban J connectivity index is 0.00000169. The lowest BCUT2D eigenvalue weighted by atomic mass is 10.1. The monoisotopic (exact) mass is 401 g/mol. The molecule has 3 rings (SSSR count). The van der Waals surface area contributed by atoms with Crippen LogP contribution >= 0.6 is 24.8 Å². The Morgan fingerprint density at radius 1 is 1.04 bits per heavy atom. The summed E-state index contributed by atoms with van der Waals surface area (Å²) in [5, 5.41) is 11.3. The van der Waals surface area contributed by atoms with Crippen molar-refractivity contribution in [2.45, 2.75) is 38.1 Å². The second-order valence-corrected chi connectivity index (χ2v) is 6.42. The molecule has 1 aromatic heterocycles. The molecule has 0 saturated carbocycles. The van der Waals surface area contributed by atoms with Gasteiger partial charge in [-0.15, -0.1) is 29.9 Å². The van der Waals surface area contributed by atoms with Crippen molar-refractivity contribution < 1.29 is 4.42 Å². The first-order valence-corrected chi connectivity index (χ1v) is 8.90. The van der Waals surface area contributed by atoms with E-state index in [0.29, 0.717) is 18.3 Å². The number of benzene rings is 1. The molecule has 0 unspecified atom stereocenters. The summed E-state index contributed by atoms with van der Waals surface area (Å²) in [5.74, 6) is 0.483. The summed E-state index contributed by atoms with van der Waals surface area (Å²) in [6.45, 7) is 4.21. The van der Waals surface area contributed by atoms with Gasteiger partial charge in [-0.25, -0.2) is 0 Å². The van der Waals surface area contributed by atoms with Gasteiger partial charge in [-0.05, 0) is 37.9 Å². The van der Waals surface area contributed by atoms with E-state index in [9.17, 15) is 0 Å². The standard InChI is InChI=1S/C18H27N5O.2ClH/c19-16(14-15-8-4-3-5-9-15)17-21-22-18(24-17)20-10-13-23-11-6-1-2-7-12-23;;/h3-5,8-9,16H,1-2,6-7,10-14,19H2,(H,20,22);2*1H/t16-;;/m1../s1. The zero-order valence-corrected chi connectivity index (χ0v) is 16.6. The average Bonchev–Trinajstić information content (AvgIpc) is 2.92. The van der Waals surface area contributed by atoms with Gasteiger partial charge in [0, 0.05) is 13.1 Å². The third-order valence-corrected chi connectivity index (χ3v) is 4.46.